The third-order valence-corrected chi connectivity index (χ3v) is 0. The molecular weight excluding hydrogens is 1060 g/mol. The van der Waals surface area contributed by atoms with Gasteiger partial charge in [0.1, 0.15) is 0 Å². The van der Waals surface area contributed by atoms with Gasteiger partial charge in [-0.1, -0.05) is 0 Å². The molecule has 0 saturated carbocycles. The molecule has 0 atom stereocenters. The largest absolute Gasteiger partial charge is 0.187 e. The van der Waals surface area contributed by atoms with E-state index >= 15 is 0 Å². The fourth-order valence-corrected chi connectivity index (χ4v) is 0. The van der Waals surface area contributed by atoms with Crippen molar-refractivity contribution in [2.45, 2.75) is 0 Å². The van der Waals surface area contributed by atoms with Crippen molar-refractivity contribution in [3.8, 4) is 0 Å². The van der Waals surface area contributed by atoms with E-state index in [9.17, 15) is 0 Å². The Bertz CT molecular complexity index is 7.64. The van der Waals surface area contributed by atoms with E-state index in [0.29, 0.717) is 0 Å². The predicted octanol–water partition coefficient (Wildman–Crippen LogP) is -3.56. The molecule has 0 unspecified atom stereocenters. The topological polar surface area (TPSA) is 0 Å². The molecule has 0 aliphatic heterocycles. The van der Waals surface area contributed by atoms with Crippen LogP contribution in [0.1, 0.15) is 0 Å². The monoisotopic (exact) mass is 1060 g/mol. The van der Waals surface area contributed by atoms with Crippen LogP contribution in [0.15, 0.2) is 0 Å². The summed E-state index contributed by atoms with van der Waals surface area (Å²) >= 11 is 0. The van der Waals surface area contributed by atoms with Crippen molar-refractivity contribution in [3.05, 3.63) is 0 Å². The van der Waals surface area contributed by atoms with Gasteiger partial charge < -0.3 is 0 Å². The molecule has 0 aromatic heterocycles. The summed E-state index contributed by atoms with van der Waals surface area (Å²) < 4.78 is 0. The van der Waals surface area contributed by atoms with E-state index < -0.39 is 0 Å². The Morgan fingerprint density at radius 3 is 0.250 bits per heavy atom. The second-order valence-electron chi connectivity index (χ2n) is 0. The molecule has 0 amide bonds. The van der Waals surface area contributed by atoms with Crippen LogP contribution in [0.5, 0.6) is 0 Å². The second kappa shape index (κ2) is 57.8. The third-order valence-electron chi connectivity index (χ3n) is 0. The SMILES string of the molecule is [AlH3].[AlH3].[AlH3].[Pt].[Pt].[Pt].[Pt].[Pt]. The fourth-order valence-electron chi connectivity index (χ4n) is 0. The molecule has 0 heterocycles. The van der Waals surface area contributed by atoms with Gasteiger partial charge in [-0.25, -0.2) is 0 Å². The first-order valence-corrected chi connectivity index (χ1v) is 0. The van der Waals surface area contributed by atoms with E-state index in [4.69, 9.17) is 0 Å². The fraction of sp³-hybridized carbons (Fsp3) is 0. The Balaban J connectivity index is 0. The van der Waals surface area contributed by atoms with E-state index in [1.54, 1.807) is 0 Å². The van der Waals surface area contributed by atoms with Gasteiger partial charge in [-0.3, -0.25) is 0 Å². The summed E-state index contributed by atoms with van der Waals surface area (Å²) in [5, 5.41) is 0. The van der Waals surface area contributed by atoms with E-state index in [1.807, 2.05) is 0 Å². The number of hydrogen-bond acceptors (Lipinski definition) is 0. The van der Waals surface area contributed by atoms with Crippen molar-refractivity contribution in [2.75, 3.05) is 0 Å². The van der Waals surface area contributed by atoms with Crippen LogP contribution >= 0.6 is 0 Å². The van der Waals surface area contributed by atoms with Gasteiger partial charge >= 0.3 is 0 Å². The number of rotatable bonds is 0. The maximum absolute atomic E-state index is 0. The van der Waals surface area contributed by atoms with E-state index in [-0.39, 0.29) is 157 Å². The molecule has 0 radical (unpaired) electrons. The average molecular weight is 1070 g/mol. The molecule has 8 heteroatoms. The smallest absolute Gasteiger partial charge is 0 e. The van der Waals surface area contributed by atoms with Crippen molar-refractivity contribution in [1.29, 1.82) is 0 Å². The summed E-state index contributed by atoms with van der Waals surface area (Å²) in [4.78, 5) is 0. The van der Waals surface area contributed by atoms with Gasteiger partial charge in [-0.05, 0) is 0 Å². The van der Waals surface area contributed by atoms with Crippen molar-refractivity contribution in [1.82, 2.24) is 0 Å². The summed E-state index contributed by atoms with van der Waals surface area (Å²) in [6.07, 6.45) is 0. The Morgan fingerprint density at radius 2 is 0.250 bits per heavy atom. The zero-order valence-corrected chi connectivity index (χ0v) is 12.9. The average Bonchev–Trinajstić information content (AvgIpc) is 0. The van der Waals surface area contributed by atoms with Crippen LogP contribution < -0.4 is 0 Å². The molecule has 8 heavy (non-hydrogen) atoms. The predicted molar refractivity (Wildman–Crippen MR) is 29.8 cm³/mol. The molecule has 0 saturated heterocycles. The Kier molecular flexibility index (Phi) is 538. The quantitative estimate of drug-likeness (QED) is 0.221. The van der Waals surface area contributed by atoms with E-state index in [0.717, 1.165) is 0 Å². The maximum Gasteiger partial charge on any atom is 0.187 e. The first kappa shape index (κ1) is 74.4. The van der Waals surface area contributed by atoms with Crippen LogP contribution in [0.4, 0.5) is 0 Å². The molecule has 0 rings (SSSR count). The molecule has 68 valence electrons. The molecule has 0 aromatic carbocycles. The van der Waals surface area contributed by atoms with E-state index in [1.165, 1.54) is 0 Å². The number of hydrogen-bond donors (Lipinski definition) is 0. The van der Waals surface area contributed by atoms with Crippen LogP contribution in [0.2, 0.25) is 0 Å². The van der Waals surface area contributed by atoms with Crippen LogP contribution in [0.3, 0.4) is 0 Å². The normalized spacial score (nSPS) is 0. The molecule has 0 fully saturated rings. The van der Waals surface area contributed by atoms with Crippen LogP contribution in [-0.4, -0.2) is 52.1 Å². The minimum absolute atomic E-state index is 0. The Labute approximate surface area is 154 Å². The zero-order valence-electron chi connectivity index (χ0n) is 1.58. The molecule has 0 aliphatic rings. The Hall–Kier alpha value is 5.04. The van der Waals surface area contributed by atoms with Gasteiger partial charge in [0, 0.05) is 105 Å². The molecule has 0 N–H and O–H groups in total. The van der Waals surface area contributed by atoms with Gasteiger partial charge in [0.05, 0.1) is 0 Å². The van der Waals surface area contributed by atoms with Gasteiger partial charge in [0.2, 0.25) is 0 Å². The standard InChI is InChI=1S/3Al.5Pt.9H. The van der Waals surface area contributed by atoms with Gasteiger partial charge in [0.25, 0.3) is 0 Å². The Morgan fingerprint density at radius 1 is 0.250 bits per heavy atom. The summed E-state index contributed by atoms with van der Waals surface area (Å²) in [6.45, 7) is 0. The van der Waals surface area contributed by atoms with Crippen LogP contribution in [0, 0.1) is 0 Å². The van der Waals surface area contributed by atoms with Crippen LogP contribution in [-0.2, 0) is 105 Å². The van der Waals surface area contributed by atoms with Crippen molar-refractivity contribution in [2.24, 2.45) is 0 Å². The van der Waals surface area contributed by atoms with Crippen molar-refractivity contribution >= 4 is 52.1 Å². The first-order valence-electron chi connectivity index (χ1n) is 0. The van der Waals surface area contributed by atoms with Gasteiger partial charge in [-0.2, -0.15) is 0 Å². The van der Waals surface area contributed by atoms with Gasteiger partial charge in [-0.15, -0.1) is 0 Å². The van der Waals surface area contributed by atoms with Crippen LogP contribution in [0.25, 0.3) is 0 Å². The molecular formula is H9Al3Pt5. The van der Waals surface area contributed by atoms with Crippen molar-refractivity contribution in [3.63, 3.8) is 0 Å². The molecule has 0 aromatic rings. The van der Waals surface area contributed by atoms with E-state index in [2.05, 4.69) is 0 Å². The minimum atomic E-state index is 0. The van der Waals surface area contributed by atoms with Gasteiger partial charge in [0.15, 0.2) is 52.1 Å². The summed E-state index contributed by atoms with van der Waals surface area (Å²) in [6, 6.07) is 0. The zero-order chi connectivity index (χ0) is 0. The molecule has 0 nitrogen and oxygen atoms in total. The summed E-state index contributed by atoms with van der Waals surface area (Å²) in [5.41, 5.74) is 0. The molecule has 0 bridgehead atoms. The second-order valence-corrected chi connectivity index (χ2v) is 0. The third kappa shape index (κ3) is 43.8. The first-order chi connectivity index (χ1) is 0. The van der Waals surface area contributed by atoms with Crippen molar-refractivity contribution < 1.29 is 105 Å². The molecule has 0 aliphatic carbocycles. The summed E-state index contributed by atoms with van der Waals surface area (Å²) in [5.74, 6) is 0. The summed E-state index contributed by atoms with van der Waals surface area (Å²) in [7, 11) is 0. The molecule has 0 spiro atoms. The minimum Gasteiger partial charge on any atom is 0 e. The maximum atomic E-state index is 0.